The molecule has 2 amide bonds. The highest BCUT2D eigenvalue weighted by atomic mass is 32.2. The number of amides is 2. The second-order valence-corrected chi connectivity index (χ2v) is 8.41. The number of carbonyl (C=O) groups excluding carboxylic acids is 2. The van der Waals surface area contributed by atoms with Crippen molar-refractivity contribution >= 4 is 35.0 Å². The molecule has 0 saturated heterocycles. The van der Waals surface area contributed by atoms with Gasteiger partial charge in [-0.3, -0.25) is 9.59 Å². The van der Waals surface area contributed by atoms with Gasteiger partial charge in [-0.05, 0) is 24.6 Å². The van der Waals surface area contributed by atoms with Crippen LogP contribution in [0.2, 0.25) is 0 Å². The van der Waals surface area contributed by atoms with Crippen LogP contribution in [0.15, 0.2) is 60.0 Å². The Hall–Kier alpha value is -2.53. The van der Waals surface area contributed by atoms with Gasteiger partial charge < -0.3 is 9.80 Å². The maximum atomic E-state index is 13.0. The summed E-state index contributed by atoms with van der Waals surface area (Å²) in [5.74, 6) is -0.0162. The number of fused-ring (bicyclic) bond motifs is 2. The van der Waals surface area contributed by atoms with Gasteiger partial charge in [0.15, 0.2) is 0 Å². The Morgan fingerprint density at radius 2 is 1.85 bits per heavy atom. The highest BCUT2D eigenvalue weighted by molar-refractivity contribution is 8.00. The lowest BCUT2D eigenvalue weighted by atomic mass is 10.1. The maximum Gasteiger partial charge on any atom is 0.258 e. The van der Waals surface area contributed by atoms with E-state index in [-0.39, 0.29) is 18.2 Å². The third-order valence-electron chi connectivity index (χ3n) is 5.13. The number of nitrogens with zero attached hydrogens (tertiary/aromatic N) is 2. The minimum atomic E-state index is -0.0659. The molecule has 2 aromatic rings. The number of thioether (sulfide) groups is 1. The molecular weight excluding hydrogens is 356 g/mol. The number of hydrogen-bond donors (Lipinski definition) is 0. The first-order valence-electron chi connectivity index (χ1n) is 9.22. The second-order valence-electron chi connectivity index (χ2n) is 6.93. The zero-order chi connectivity index (χ0) is 19.0. The summed E-state index contributed by atoms with van der Waals surface area (Å²) in [4.78, 5) is 30.3. The first kappa shape index (κ1) is 17.9. The number of benzene rings is 2. The third kappa shape index (κ3) is 3.28. The van der Waals surface area contributed by atoms with Crippen molar-refractivity contribution in [1.29, 1.82) is 0 Å². The van der Waals surface area contributed by atoms with Gasteiger partial charge in [-0.15, -0.1) is 11.8 Å². The molecule has 0 radical (unpaired) electrons. The van der Waals surface area contributed by atoms with E-state index in [1.54, 1.807) is 4.90 Å². The van der Waals surface area contributed by atoms with Crippen molar-refractivity contribution in [2.75, 3.05) is 18.0 Å². The van der Waals surface area contributed by atoms with Crippen molar-refractivity contribution < 1.29 is 9.59 Å². The van der Waals surface area contributed by atoms with E-state index in [1.807, 2.05) is 59.1 Å². The van der Waals surface area contributed by atoms with E-state index in [1.165, 1.54) is 0 Å². The van der Waals surface area contributed by atoms with Gasteiger partial charge in [0.25, 0.3) is 5.91 Å². The Labute approximate surface area is 163 Å². The number of para-hydroxylation sites is 1. The van der Waals surface area contributed by atoms with Crippen LogP contribution in [-0.4, -0.2) is 35.1 Å². The minimum absolute atomic E-state index is 0.0497. The van der Waals surface area contributed by atoms with Gasteiger partial charge in [0.05, 0.1) is 5.69 Å². The van der Waals surface area contributed by atoms with Crippen LogP contribution < -0.4 is 4.90 Å². The molecule has 1 unspecified atom stereocenters. The van der Waals surface area contributed by atoms with E-state index < -0.39 is 0 Å². The van der Waals surface area contributed by atoms with Gasteiger partial charge in [-0.1, -0.05) is 43.8 Å². The van der Waals surface area contributed by atoms with Crippen LogP contribution in [0.5, 0.6) is 0 Å². The maximum absolute atomic E-state index is 13.0. The van der Waals surface area contributed by atoms with Crippen LogP contribution in [-0.2, 0) is 4.79 Å². The Morgan fingerprint density at radius 1 is 1.15 bits per heavy atom. The fourth-order valence-electron chi connectivity index (χ4n) is 3.66. The molecule has 2 aromatic carbocycles. The van der Waals surface area contributed by atoms with E-state index in [4.69, 9.17) is 0 Å². The Bertz CT molecular complexity index is 889. The van der Waals surface area contributed by atoms with Crippen LogP contribution in [0, 0.1) is 0 Å². The normalized spacial score (nSPS) is 18.9. The molecule has 4 nitrogen and oxygen atoms in total. The summed E-state index contributed by atoms with van der Waals surface area (Å²) >= 11 is 1.82. The first-order chi connectivity index (χ1) is 13.1. The molecule has 0 aliphatic carbocycles. The standard InChI is InChI=1S/C22H22N2O2S/c1-15-11-13-24(19-9-5-6-10-20(19)27-15)21(25)12-14-23-16(2)17-7-3-4-8-18(17)22(23)26/h3-10,15H,2,11-14H2,1H3. The van der Waals surface area contributed by atoms with Crippen molar-refractivity contribution in [1.82, 2.24) is 4.90 Å². The molecule has 2 heterocycles. The summed E-state index contributed by atoms with van der Waals surface area (Å²) in [7, 11) is 0. The lowest BCUT2D eigenvalue weighted by Gasteiger charge is -2.24. The van der Waals surface area contributed by atoms with E-state index in [9.17, 15) is 9.59 Å². The Balaban J connectivity index is 1.49. The smallest absolute Gasteiger partial charge is 0.258 e. The molecule has 5 heteroatoms. The quantitative estimate of drug-likeness (QED) is 0.794. The molecule has 2 aliphatic heterocycles. The lowest BCUT2D eigenvalue weighted by Crippen LogP contribution is -2.35. The highest BCUT2D eigenvalue weighted by Gasteiger charge is 2.31. The van der Waals surface area contributed by atoms with Crippen molar-refractivity contribution in [3.05, 3.63) is 66.2 Å². The molecule has 27 heavy (non-hydrogen) atoms. The number of anilines is 1. The van der Waals surface area contributed by atoms with E-state index in [0.29, 0.717) is 29.6 Å². The predicted molar refractivity (Wildman–Crippen MR) is 110 cm³/mol. The topological polar surface area (TPSA) is 40.6 Å². The van der Waals surface area contributed by atoms with Crippen LogP contribution >= 0.6 is 11.8 Å². The average Bonchev–Trinajstić information content (AvgIpc) is 2.81. The summed E-state index contributed by atoms with van der Waals surface area (Å²) in [6.45, 7) is 7.31. The molecule has 0 fully saturated rings. The summed E-state index contributed by atoms with van der Waals surface area (Å²) < 4.78 is 0. The van der Waals surface area contributed by atoms with Crippen LogP contribution in [0.1, 0.15) is 35.7 Å². The van der Waals surface area contributed by atoms with Gasteiger partial charge in [0.1, 0.15) is 0 Å². The van der Waals surface area contributed by atoms with Gasteiger partial charge in [-0.25, -0.2) is 0 Å². The zero-order valence-corrected chi connectivity index (χ0v) is 16.2. The molecular formula is C22H22N2O2S. The van der Waals surface area contributed by atoms with Crippen molar-refractivity contribution in [3.8, 4) is 0 Å². The molecule has 0 aromatic heterocycles. The molecule has 0 bridgehead atoms. The Morgan fingerprint density at radius 3 is 2.63 bits per heavy atom. The van der Waals surface area contributed by atoms with Gasteiger partial charge in [-0.2, -0.15) is 0 Å². The summed E-state index contributed by atoms with van der Waals surface area (Å²) in [6, 6.07) is 15.5. The minimum Gasteiger partial charge on any atom is -0.311 e. The molecule has 1 atom stereocenters. The number of rotatable bonds is 3. The predicted octanol–water partition coefficient (Wildman–Crippen LogP) is 4.42. The fraction of sp³-hybridized carbons (Fsp3) is 0.273. The largest absolute Gasteiger partial charge is 0.311 e. The van der Waals surface area contributed by atoms with Gasteiger partial charge in [0, 0.05) is 46.5 Å². The molecule has 0 N–H and O–H groups in total. The molecule has 2 aliphatic rings. The van der Waals surface area contributed by atoms with E-state index >= 15 is 0 Å². The van der Waals surface area contributed by atoms with Gasteiger partial charge in [0.2, 0.25) is 5.91 Å². The average molecular weight is 378 g/mol. The highest BCUT2D eigenvalue weighted by Crippen LogP contribution is 2.37. The second kappa shape index (κ2) is 7.24. The monoisotopic (exact) mass is 378 g/mol. The van der Waals surface area contributed by atoms with Crippen molar-refractivity contribution in [2.24, 2.45) is 0 Å². The third-order valence-corrected chi connectivity index (χ3v) is 6.37. The van der Waals surface area contributed by atoms with Crippen molar-refractivity contribution in [3.63, 3.8) is 0 Å². The van der Waals surface area contributed by atoms with Gasteiger partial charge >= 0.3 is 0 Å². The SMILES string of the molecule is C=C1c2ccccc2C(=O)N1CCC(=O)N1CCC(C)Sc2ccccc21. The first-order valence-corrected chi connectivity index (χ1v) is 10.1. The molecule has 4 rings (SSSR count). The molecule has 0 saturated carbocycles. The molecule has 0 spiro atoms. The fourth-order valence-corrected chi connectivity index (χ4v) is 4.77. The summed E-state index contributed by atoms with van der Waals surface area (Å²) in [6.07, 6.45) is 1.23. The summed E-state index contributed by atoms with van der Waals surface area (Å²) in [5, 5.41) is 0.471. The van der Waals surface area contributed by atoms with E-state index in [2.05, 4.69) is 19.6 Å². The Kier molecular flexibility index (Phi) is 4.79. The van der Waals surface area contributed by atoms with Crippen molar-refractivity contribution in [2.45, 2.75) is 29.9 Å². The summed E-state index contributed by atoms with van der Waals surface area (Å²) in [5.41, 5.74) is 3.19. The number of hydrogen-bond acceptors (Lipinski definition) is 3. The van der Waals surface area contributed by atoms with Crippen LogP contribution in [0.25, 0.3) is 5.70 Å². The number of carbonyl (C=O) groups is 2. The zero-order valence-electron chi connectivity index (χ0n) is 15.4. The lowest BCUT2D eigenvalue weighted by molar-refractivity contribution is -0.118. The van der Waals surface area contributed by atoms with Crippen LogP contribution in [0.4, 0.5) is 5.69 Å². The van der Waals surface area contributed by atoms with Crippen LogP contribution in [0.3, 0.4) is 0 Å². The van der Waals surface area contributed by atoms with E-state index in [0.717, 1.165) is 22.6 Å². The molecule has 138 valence electrons.